The van der Waals surface area contributed by atoms with Crippen LogP contribution < -0.4 is 10.1 Å². The molecule has 19 heavy (non-hydrogen) atoms. The maximum Gasteiger partial charge on any atom is 0.218 e. The van der Waals surface area contributed by atoms with Crippen molar-refractivity contribution in [2.75, 3.05) is 18.5 Å². The molecule has 2 fully saturated rings. The van der Waals surface area contributed by atoms with E-state index in [-0.39, 0.29) is 0 Å². The molecule has 2 unspecified atom stereocenters. The molecule has 1 saturated carbocycles. The Labute approximate surface area is 114 Å². The Morgan fingerprint density at radius 2 is 2.26 bits per heavy atom. The summed E-state index contributed by atoms with van der Waals surface area (Å²) in [6.45, 7) is 6.04. The third kappa shape index (κ3) is 2.97. The lowest BCUT2D eigenvalue weighted by molar-refractivity contribution is 0.257. The van der Waals surface area contributed by atoms with E-state index < -0.39 is 0 Å². The molecule has 104 valence electrons. The van der Waals surface area contributed by atoms with Crippen LogP contribution in [-0.4, -0.2) is 46.1 Å². The number of ether oxygens (including phenoxy) is 1. The van der Waals surface area contributed by atoms with Crippen LogP contribution in [0.25, 0.3) is 0 Å². The minimum atomic E-state index is 0.486. The average Bonchev–Trinajstić information content (AvgIpc) is 3.15. The largest absolute Gasteiger partial charge is 0.478 e. The fourth-order valence-electron chi connectivity index (χ4n) is 2.93. The van der Waals surface area contributed by atoms with Crippen LogP contribution in [-0.2, 0) is 0 Å². The third-order valence-electron chi connectivity index (χ3n) is 3.93. The molecule has 5 heteroatoms. The smallest absolute Gasteiger partial charge is 0.218 e. The van der Waals surface area contributed by atoms with E-state index in [1.54, 1.807) is 6.33 Å². The third-order valence-corrected chi connectivity index (χ3v) is 3.93. The van der Waals surface area contributed by atoms with E-state index in [0.29, 0.717) is 24.6 Å². The minimum absolute atomic E-state index is 0.486. The molecule has 1 aromatic rings. The van der Waals surface area contributed by atoms with E-state index >= 15 is 0 Å². The molecule has 2 atom stereocenters. The molecule has 2 heterocycles. The number of hydrogen-bond acceptors (Lipinski definition) is 5. The molecular weight excluding hydrogens is 240 g/mol. The molecule has 1 aromatic heterocycles. The summed E-state index contributed by atoms with van der Waals surface area (Å²) in [5.41, 5.74) is 0. The molecule has 0 amide bonds. The molecule has 0 bridgehead atoms. The zero-order valence-electron chi connectivity index (χ0n) is 11.7. The summed E-state index contributed by atoms with van der Waals surface area (Å²) in [5, 5.41) is 3.51. The lowest BCUT2D eigenvalue weighted by Crippen LogP contribution is -2.31. The van der Waals surface area contributed by atoms with Gasteiger partial charge in [0.25, 0.3) is 0 Å². The molecule has 0 radical (unpaired) electrons. The first kappa shape index (κ1) is 12.7. The summed E-state index contributed by atoms with van der Waals surface area (Å²) in [4.78, 5) is 11.0. The van der Waals surface area contributed by atoms with Gasteiger partial charge in [-0.15, -0.1) is 0 Å². The maximum absolute atomic E-state index is 5.40. The van der Waals surface area contributed by atoms with Crippen LogP contribution in [0.1, 0.15) is 33.1 Å². The van der Waals surface area contributed by atoms with Gasteiger partial charge < -0.3 is 10.1 Å². The van der Waals surface area contributed by atoms with Crippen molar-refractivity contribution in [3.8, 4) is 5.88 Å². The number of likely N-dealkylation sites (tertiary alicyclic amines) is 1. The topological polar surface area (TPSA) is 50.3 Å². The highest BCUT2D eigenvalue weighted by Gasteiger charge is 2.38. The van der Waals surface area contributed by atoms with E-state index in [0.717, 1.165) is 18.4 Å². The number of aromatic nitrogens is 2. The summed E-state index contributed by atoms with van der Waals surface area (Å²) < 4.78 is 5.40. The van der Waals surface area contributed by atoms with Crippen molar-refractivity contribution >= 4 is 5.82 Å². The lowest BCUT2D eigenvalue weighted by atomic mass is 10.2. The molecule has 5 nitrogen and oxygen atoms in total. The second-order valence-electron chi connectivity index (χ2n) is 5.53. The number of hydrogen-bond donors (Lipinski definition) is 1. The van der Waals surface area contributed by atoms with Crippen LogP contribution >= 0.6 is 0 Å². The van der Waals surface area contributed by atoms with Crippen LogP contribution in [0.15, 0.2) is 12.4 Å². The van der Waals surface area contributed by atoms with Gasteiger partial charge in [0.1, 0.15) is 12.1 Å². The van der Waals surface area contributed by atoms with Crippen LogP contribution in [0.3, 0.4) is 0 Å². The van der Waals surface area contributed by atoms with Crippen LogP contribution in [0.4, 0.5) is 5.82 Å². The van der Waals surface area contributed by atoms with E-state index in [9.17, 15) is 0 Å². The van der Waals surface area contributed by atoms with Crippen molar-refractivity contribution in [3.63, 3.8) is 0 Å². The number of nitrogens with zero attached hydrogens (tertiary/aromatic N) is 3. The van der Waals surface area contributed by atoms with Gasteiger partial charge in [-0.1, -0.05) is 0 Å². The molecule has 1 aliphatic carbocycles. The Bertz CT molecular complexity index is 435. The first-order valence-corrected chi connectivity index (χ1v) is 7.23. The highest BCUT2D eigenvalue weighted by molar-refractivity contribution is 5.38. The van der Waals surface area contributed by atoms with E-state index in [1.807, 2.05) is 13.0 Å². The van der Waals surface area contributed by atoms with Gasteiger partial charge in [-0.25, -0.2) is 9.97 Å². The fraction of sp³-hybridized carbons (Fsp3) is 0.714. The summed E-state index contributed by atoms with van der Waals surface area (Å²) >= 11 is 0. The summed E-state index contributed by atoms with van der Waals surface area (Å²) in [6, 6.07) is 3.89. The van der Waals surface area contributed by atoms with Crippen LogP contribution in [0.2, 0.25) is 0 Å². The van der Waals surface area contributed by atoms with Crippen molar-refractivity contribution in [1.29, 1.82) is 0 Å². The van der Waals surface area contributed by atoms with Crippen molar-refractivity contribution in [2.24, 2.45) is 0 Å². The first-order chi connectivity index (χ1) is 9.26. The fourth-order valence-corrected chi connectivity index (χ4v) is 2.93. The van der Waals surface area contributed by atoms with Crippen molar-refractivity contribution < 1.29 is 4.74 Å². The predicted molar refractivity (Wildman–Crippen MR) is 74.4 cm³/mol. The Balaban J connectivity index is 1.60. The molecule has 1 saturated heterocycles. The lowest BCUT2D eigenvalue weighted by Gasteiger charge is -2.19. The molecular formula is C14H22N4O. The molecule has 2 aliphatic rings. The highest BCUT2D eigenvalue weighted by atomic mass is 16.5. The van der Waals surface area contributed by atoms with Gasteiger partial charge in [-0.2, -0.15) is 0 Å². The quantitative estimate of drug-likeness (QED) is 0.878. The van der Waals surface area contributed by atoms with Gasteiger partial charge in [0.2, 0.25) is 5.88 Å². The van der Waals surface area contributed by atoms with Gasteiger partial charge in [0.15, 0.2) is 0 Å². The number of rotatable bonds is 5. The maximum atomic E-state index is 5.40. The van der Waals surface area contributed by atoms with Crippen LogP contribution in [0.5, 0.6) is 5.88 Å². The molecule has 0 spiro atoms. The Kier molecular flexibility index (Phi) is 3.55. The van der Waals surface area contributed by atoms with Crippen molar-refractivity contribution in [2.45, 2.75) is 51.2 Å². The van der Waals surface area contributed by atoms with E-state index in [4.69, 9.17) is 4.74 Å². The van der Waals surface area contributed by atoms with Gasteiger partial charge in [0, 0.05) is 30.7 Å². The molecule has 0 aromatic carbocycles. The Morgan fingerprint density at radius 1 is 1.42 bits per heavy atom. The van der Waals surface area contributed by atoms with Crippen molar-refractivity contribution in [3.05, 3.63) is 12.4 Å². The van der Waals surface area contributed by atoms with Gasteiger partial charge in [-0.05, 0) is 33.1 Å². The Hall–Kier alpha value is -1.36. The molecule has 1 aliphatic heterocycles. The second kappa shape index (κ2) is 5.33. The zero-order chi connectivity index (χ0) is 13.2. The SMILES string of the molecule is CCOc1cc(NC2CC(C)N(C3CC3)C2)ncn1. The minimum Gasteiger partial charge on any atom is -0.478 e. The standard InChI is InChI=1S/C14H22N4O/c1-3-19-14-7-13(15-9-16-14)17-11-6-10(2)18(8-11)12-4-5-12/h7,9-12H,3-6,8H2,1-2H3,(H,15,16,17). The molecule has 3 rings (SSSR count). The predicted octanol–water partition coefficient (Wildman–Crippen LogP) is 1.91. The highest BCUT2D eigenvalue weighted by Crippen LogP contribution is 2.34. The number of nitrogens with one attached hydrogen (secondary N) is 1. The van der Waals surface area contributed by atoms with Gasteiger partial charge in [-0.3, -0.25) is 4.90 Å². The first-order valence-electron chi connectivity index (χ1n) is 7.23. The van der Waals surface area contributed by atoms with E-state index in [1.165, 1.54) is 19.3 Å². The van der Waals surface area contributed by atoms with Crippen molar-refractivity contribution in [1.82, 2.24) is 14.9 Å². The zero-order valence-corrected chi connectivity index (χ0v) is 11.7. The second-order valence-corrected chi connectivity index (χ2v) is 5.53. The molecule has 1 N–H and O–H groups in total. The summed E-state index contributed by atoms with van der Waals surface area (Å²) in [5.74, 6) is 1.51. The summed E-state index contributed by atoms with van der Waals surface area (Å²) in [6.07, 6.45) is 5.49. The monoisotopic (exact) mass is 262 g/mol. The van der Waals surface area contributed by atoms with Gasteiger partial charge >= 0.3 is 0 Å². The average molecular weight is 262 g/mol. The van der Waals surface area contributed by atoms with Gasteiger partial charge in [0.05, 0.1) is 6.61 Å². The Morgan fingerprint density at radius 3 is 3.00 bits per heavy atom. The van der Waals surface area contributed by atoms with E-state index in [2.05, 4.69) is 27.1 Å². The van der Waals surface area contributed by atoms with Crippen LogP contribution in [0, 0.1) is 0 Å². The number of anilines is 1. The summed E-state index contributed by atoms with van der Waals surface area (Å²) in [7, 11) is 0. The normalized spacial score (nSPS) is 27.5.